The van der Waals surface area contributed by atoms with Gasteiger partial charge >= 0.3 is 0 Å². The fraction of sp³-hybridized carbons (Fsp3) is 0.125. The molecule has 0 radical (unpaired) electrons. The van der Waals surface area contributed by atoms with Crippen LogP contribution in [0.5, 0.6) is 0 Å². The van der Waals surface area contributed by atoms with Crippen LogP contribution < -0.4 is 21.0 Å². The molecular weight excluding hydrogens is 654 g/mol. The number of hydrogen-bond acceptors (Lipinski definition) is 9. The molecule has 1 atom stereocenters. The second-order valence-corrected chi connectivity index (χ2v) is 11.8. The summed E-state index contributed by atoms with van der Waals surface area (Å²) in [6.07, 6.45) is 0.658. The molecule has 1 aliphatic rings. The smallest absolute Gasteiger partial charge is 0.233 e. The van der Waals surface area contributed by atoms with Gasteiger partial charge in [0.1, 0.15) is 0 Å². The second kappa shape index (κ2) is 13.9. The molecule has 9 nitrogen and oxygen atoms in total. The Balaban J connectivity index is 1.24. The van der Waals surface area contributed by atoms with Crippen molar-refractivity contribution in [2.45, 2.75) is 12.5 Å². The van der Waals surface area contributed by atoms with Gasteiger partial charge in [-0.05, 0) is 77.9 Å². The largest absolute Gasteiger partial charge is 0.395 e. The lowest BCUT2D eigenvalue weighted by atomic mass is 9.98. The van der Waals surface area contributed by atoms with Gasteiger partial charge in [0, 0.05) is 44.4 Å². The van der Waals surface area contributed by atoms with Crippen molar-refractivity contribution in [3.8, 4) is 0 Å². The molecule has 228 valence electrons. The standard InChI is InChI=1S/C32H26Cl4N8O/c33-21-5-1-20(2-6-21)29-18-28(43-44(29)27-16-23(35)15-24(36)17-27)19-3-9-25(10-4-19)38-31-40-30(37-13-14-45)41-32(42-31)39-26-11-7-22(34)8-12-26/h1-12,15-17,29,45H,13-14,18H2,(H3,37,38,39,40,41,42). The minimum atomic E-state index is -0.0776. The van der Waals surface area contributed by atoms with Gasteiger partial charge < -0.3 is 21.1 Å². The van der Waals surface area contributed by atoms with Gasteiger partial charge in [-0.1, -0.05) is 70.7 Å². The Morgan fingerprint density at radius 1 is 0.667 bits per heavy atom. The lowest BCUT2D eigenvalue weighted by Crippen LogP contribution is -2.18. The van der Waals surface area contributed by atoms with E-state index in [1.54, 1.807) is 18.2 Å². The first-order valence-corrected chi connectivity index (χ1v) is 15.4. The van der Waals surface area contributed by atoms with Gasteiger partial charge in [-0.25, -0.2) is 0 Å². The molecule has 45 heavy (non-hydrogen) atoms. The molecule has 4 N–H and O–H groups in total. The van der Waals surface area contributed by atoms with Gasteiger partial charge in [-0.2, -0.15) is 20.1 Å². The number of halogens is 4. The van der Waals surface area contributed by atoms with Crippen molar-refractivity contribution in [1.29, 1.82) is 0 Å². The highest BCUT2D eigenvalue weighted by atomic mass is 35.5. The number of nitrogens with zero attached hydrogens (tertiary/aromatic N) is 5. The Kier molecular flexibility index (Phi) is 9.53. The van der Waals surface area contributed by atoms with Crippen molar-refractivity contribution in [3.63, 3.8) is 0 Å². The third-order valence-electron chi connectivity index (χ3n) is 6.88. The zero-order chi connectivity index (χ0) is 31.3. The molecular formula is C32H26Cl4N8O. The summed E-state index contributed by atoms with van der Waals surface area (Å²) in [6, 6.07) is 28.1. The number of benzene rings is 4. The van der Waals surface area contributed by atoms with Crippen molar-refractivity contribution in [3.05, 3.63) is 122 Å². The number of aliphatic hydroxyl groups excluding tert-OH is 1. The topological polar surface area (TPSA) is 111 Å². The Morgan fingerprint density at radius 3 is 1.78 bits per heavy atom. The average Bonchev–Trinajstić information content (AvgIpc) is 3.47. The third-order valence-corrected chi connectivity index (χ3v) is 7.82. The number of nitrogens with one attached hydrogen (secondary N) is 3. The molecule has 0 bridgehead atoms. The molecule has 0 aliphatic carbocycles. The van der Waals surface area contributed by atoms with Crippen LogP contribution >= 0.6 is 46.4 Å². The summed E-state index contributed by atoms with van der Waals surface area (Å²) >= 11 is 24.9. The van der Waals surface area contributed by atoms with Gasteiger partial charge in [0.05, 0.1) is 24.0 Å². The van der Waals surface area contributed by atoms with Crippen LogP contribution in [-0.4, -0.2) is 38.9 Å². The average molecular weight is 680 g/mol. The lowest BCUT2D eigenvalue weighted by molar-refractivity contribution is 0.311. The number of anilines is 6. The number of rotatable bonds is 10. The minimum Gasteiger partial charge on any atom is -0.395 e. The molecule has 1 aliphatic heterocycles. The van der Waals surface area contributed by atoms with Crippen LogP contribution in [0.15, 0.2) is 96.1 Å². The zero-order valence-electron chi connectivity index (χ0n) is 23.6. The fourth-order valence-electron chi connectivity index (χ4n) is 4.81. The van der Waals surface area contributed by atoms with Crippen molar-refractivity contribution in [2.24, 2.45) is 5.10 Å². The summed E-state index contributed by atoms with van der Waals surface area (Å²) < 4.78 is 0. The Bertz CT molecular complexity index is 1800. The molecule has 4 aromatic carbocycles. The number of aliphatic hydroxyl groups is 1. The van der Waals surface area contributed by atoms with Gasteiger partial charge in [0.2, 0.25) is 17.8 Å². The molecule has 5 aromatic rings. The van der Waals surface area contributed by atoms with Crippen molar-refractivity contribution in [2.75, 3.05) is 34.1 Å². The Morgan fingerprint density at radius 2 is 1.20 bits per heavy atom. The molecule has 6 rings (SSSR count). The maximum Gasteiger partial charge on any atom is 0.233 e. The molecule has 0 fully saturated rings. The highest BCUT2D eigenvalue weighted by Gasteiger charge is 2.30. The van der Waals surface area contributed by atoms with E-state index in [0.29, 0.717) is 44.4 Å². The highest BCUT2D eigenvalue weighted by Crippen LogP contribution is 2.39. The second-order valence-electron chi connectivity index (χ2n) is 10.1. The molecule has 0 saturated heterocycles. The first-order valence-electron chi connectivity index (χ1n) is 13.9. The van der Waals surface area contributed by atoms with Crippen LogP contribution in [0.25, 0.3) is 0 Å². The fourth-order valence-corrected chi connectivity index (χ4v) is 5.58. The number of aromatic nitrogens is 3. The lowest BCUT2D eigenvalue weighted by Gasteiger charge is -2.24. The van der Waals surface area contributed by atoms with E-state index in [2.05, 4.69) is 30.9 Å². The van der Waals surface area contributed by atoms with Crippen molar-refractivity contribution < 1.29 is 5.11 Å². The highest BCUT2D eigenvalue weighted by molar-refractivity contribution is 6.35. The van der Waals surface area contributed by atoms with Crippen LogP contribution in [0.1, 0.15) is 23.6 Å². The predicted molar refractivity (Wildman–Crippen MR) is 184 cm³/mol. The molecule has 1 unspecified atom stereocenters. The summed E-state index contributed by atoms with van der Waals surface area (Å²) in [5.41, 5.74) is 5.25. The van der Waals surface area contributed by atoms with Gasteiger partial charge in [-0.3, -0.25) is 5.01 Å². The van der Waals surface area contributed by atoms with Crippen LogP contribution in [0, 0.1) is 0 Å². The van der Waals surface area contributed by atoms with Gasteiger partial charge in [-0.15, -0.1) is 0 Å². The molecule has 0 saturated carbocycles. The van der Waals surface area contributed by atoms with E-state index < -0.39 is 0 Å². The monoisotopic (exact) mass is 678 g/mol. The minimum absolute atomic E-state index is 0.0691. The molecule has 0 spiro atoms. The molecule has 13 heteroatoms. The number of hydrazone groups is 1. The quantitative estimate of drug-likeness (QED) is 0.116. The van der Waals surface area contributed by atoms with Crippen LogP contribution in [0.2, 0.25) is 20.1 Å². The normalized spacial score (nSPS) is 14.3. The molecule has 2 heterocycles. The number of hydrogen-bond donors (Lipinski definition) is 4. The Labute approximate surface area is 279 Å². The van der Waals surface area contributed by atoms with Gasteiger partial charge in [0.15, 0.2) is 0 Å². The summed E-state index contributed by atoms with van der Waals surface area (Å²) in [4.78, 5) is 13.4. The van der Waals surface area contributed by atoms with Crippen molar-refractivity contribution in [1.82, 2.24) is 15.0 Å². The Hall–Kier alpha value is -4.12. The third kappa shape index (κ3) is 7.76. The summed E-state index contributed by atoms with van der Waals surface area (Å²) in [6.45, 7) is 0.219. The summed E-state index contributed by atoms with van der Waals surface area (Å²) in [5, 5.41) is 28.0. The van der Waals surface area contributed by atoms with Crippen molar-refractivity contribution >= 4 is 87.0 Å². The summed E-state index contributed by atoms with van der Waals surface area (Å²) in [5.74, 6) is 0.950. The van der Waals surface area contributed by atoms with E-state index in [1.165, 1.54) is 0 Å². The van der Waals surface area contributed by atoms with Crippen LogP contribution in [-0.2, 0) is 0 Å². The molecule has 0 amide bonds. The zero-order valence-corrected chi connectivity index (χ0v) is 26.6. The maximum atomic E-state index is 9.27. The summed E-state index contributed by atoms with van der Waals surface area (Å²) in [7, 11) is 0. The van der Waals surface area contributed by atoms with E-state index in [-0.39, 0.29) is 19.2 Å². The SMILES string of the molecule is OCCNc1nc(Nc2ccc(Cl)cc2)nc(Nc2ccc(C3=NN(c4cc(Cl)cc(Cl)c4)C(c4ccc(Cl)cc4)C3)cc2)n1. The van der Waals surface area contributed by atoms with E-state index >= 15 is 0 Å². The first kappa shape index (κ1) is 30.9. The van der Waals surface area contributed by atoms with Gasteiger partial charge in [0.25, 0.3) is 0 Å². The predicted octanol–water partition coefficient (Wildman–Crippen LogP) is 8.73. The first-order chi connectivity index (χ1) is 21.8. The van der Waals surface area contributed by atoms with Crippen LogP contribution in [0.3, 0.4) is 0 Å². The van der Waals surface area contributed by atoms with E-state index in [4.69, 9.17) is 51.5 Å². The molecule has 1 aromatic heterocycles. The van der Waals surface area contributed by atoms with E-state index in [1.807, 2.05) is 77.8 Å². The van der Waals surface area contributed by atoms with E-state index in [9.17, 15) is 5.11 Å². The van der Waals surface area contributed by atoms with Crippen LogP contribution in [0.4, 0.5) is 34.9 Å². The van der Waals surface area contributed by atoms with E-state index in [0.717, 1.165) is 33.9 Å². The maximum absolute atomic E-state index is 9.27.